The molecular weight excluding hydrogens is 318 g/mol. The number of nitrogens with one attached hydrogen (secondary N) is 1. The predicted molar refractivity (Wildman–Crippen MR) is 85.5 cm³/mol. The van der Waals surface area contributed by atoms with Crippen LogP contribution in [0.2, 0.25) is 0 Å². The van der Waals surface area contributed by atoms with Gasteiger partial charge in [0.05, 0.1) is 16.3 Å². The Labute approximate surface area is 135 Å². The maximum Gasteiger partial charge on any atom is 0.268 e. The quantitative estimate of drug-likeness (QED) is 0.776. The Kier molecular flexibility index (Phi) is 3.51. The summed E-state index contributed by atoms with van der Waals surface area (Å²) in [5, 5.41) is 8.95. The van der Waals surface area contributed by atoms with E-state index >= 15 is 0 Å². The van der Waals surface area contributed by atoms with Crippen LogP contribution < -0.4 is 5.32 Å². The highest BCUT2D eigenvalue weighted by molar-refractivity contribution is 7.15. The number of nitrogens with zero attached hydrogens (tertiary/aromatic N) is 2. The lowest BCUT2D eigenvalue weighted by Crippen LogP contribution is -2.23. The third kappa shape index (κ3) is 2.82. The fourth-order valence-corrected chi connectivity index (χ4v) is 3.60. The maximum absolute atomic E-state index is 11.6. The van der Waals surface area contributed by atoms with Crippen LogP contribution in [0.15, 0.2) is 34.2 Å². The van der Waals surface area contributed by atoms with E-state index in [1.165, 1.54) is 0 Å². The van der Waals surface area contributed by atoms with Crippen molar-refractivity contribution in [3.8, 4) is 21.5 Å². The van der Waals surface area contributed by atoms with Crippen molar-refractivity contribution in [3.05, 3.63) is 34.5 Å². The van der Waals surface area contributed by atoms with Crippen LogP contribution in [-0.4, -0.2) is 16.0 Å². The highest BCUT2D eigenvalue weighted by atomic mass is 32.1. The Morgan fingerprint density at radius 2 is 2.23 bits per heavy atom. The summed E-state index contributed by atoms with van der Waals surface area (Å²) in [5.74, 6) is 1.53. The molecule has 0 radical (unpaired) electrons. The van der Waals surface area contributed by atoms with Crippen LogP contribution in [0.4, 0.5) is 0 Å². The first-order valence-electron chi connectivity index (χ1n) is 7.04. The number of amides is 1. The smallest absolute Gasteiger partial charge is 0.268 e. The van der Waals surface area contributed by atoms with Gasteiger partial charge in [0.15, 0.2) is 0 Å². The third-order valence-corrected chi connectivity index (χ3v) is 5.36. The molecular formula is C15H13N3O2S2. The van der Waals surface area contributed by atoms with Gasteiger partial charge < -0.3 is 9.84 Å². The molecule has 1 aliphatic rings. The summed E-state index contributed by atoms with van der Waals surface area (Å²) in [5.41, 5.74) is 0. The number of carbonyl (C=O) groups is 1. The topological polar surface area (TPSA) is 68.0 Å². The van der Waals surface area contributed by atoms with Crippen LogP contribution in [0.1, 0.15) is 17.7 Å². The molecule has 22 heavy (non-hydrogen) atoms. The van der Waals surface area contributed by atoms with E-state index in [0.717, 1.165) is 27.5 Å². The summed E-state index contributed by atoms with van der Waals surface area (Å²) in [6.45, 7) is 0.561. The lowest BCUT2D eigenvalue weighted by Gasteiger charge is -2.00. The zero-order valence-corrected chi connectivity index (χ0v) is 13.2. The molecule has 1 saturated carbocycles. The van der Waals surface area contributed by atoms with E-state index in [4.69, 9.17) is 4.52 Å². The van der Waals surface area contributed by atoms with E-state index in [-0.39, 0.29) is 11.8 Å². The molecule has 0 aliphatic heterocycles. The number of rotatable bonds is 5. The van der Waals surface area contributed by atoms with Gasteiger partial charge in [-0.2, -0.15) is 4.98 Å². The SMILES string of the molecule is O=C(NCc1ccc(-c2nc(-c3cccs3)no2)s1)C1CC1. The van der Waals surface area contributed by atoms with Crippen molar-refractivity contribution < 1.29 is 9.32 Å². The second-order valence-corrected chi connectivity index (χ2v) is 7.27. The van der Waals surface area contributed by atoms with Crippen LogP contribution in [0, 0.1) is 5.92 Å². The largest absolute Gasteiger partial charge is 0.351 e. The van der Waals surface area contributed by atoms with E-state index < -0.39 is 0 Å². The molecule has 7 heteroatoms. The fourth-order valence-electron chi connectivity index (χ4n) is 2.08. The Bertz CT molecular complexity index is 787. The first-order chi connectivity index (χ1) is 10.8. The molecule has 4 rings (SSSR count). The van der Waals surface area contributed by atoms with Gasteiger partial charge in [0.25, 0.3) is 5.89 Å². The van der Waals surface area contributed by atoms with E-state index in [0.29, 0.717) is 18.3 Å². The molecule has 1 aliphatic carbocycles. The zero-order valence-electron chi connectivity index (χ0n) is 11.6. The van der Waals surface area contributed by atoms with E-state index in [1.54, 1.807) is 22.7 Å². The van der Waals surface area contributed by atoms with Crippen LogP contribution in [-0.2, 0) is 11.3 Å². The number of hydrogen-bond donors (Lipinski definition) is 1. The van der Waals surface area contributed by atoms with E-state index in [1.807, 2.05) is 29.6 Å². The van der Waals surface area contributed by atoms with Gasteiger partial charge in [0, 0.05) is 10.8 Å². The van der Waals surface area contributed by atoms with Crippen molar-refractivity contribution in [1.29, 1.82) is 0 Å². The first-order valence-corrected chi connectivity index (χ1v) is 8.73. The van der Waals surface area contributed by atoms with Crippen molar-refractivity contribution >= 4 is 28.6 Å². The lowest BCUT2D eigenvalue weighted by molar-refractivity contribution is -0.122. The molecule has 3 heterocycles. The molecule has 0 atom stereocenters. The van der Waals surface area contributed by atoms with Gasteiger partial charge in [-0.15, -0.1) is 22.7 Å². The molecule has 0 unspecified atom stereocenters. The first kappa shape index (κ1) is 13.7. The summed E-state index contributed by atoms with van der Waals surface area (Å²) in [6, 6.07) is 7.87. The van der Waals surface area contributed by atoms with Crippen molar-refractivity contribution in [2.75, 3.05) is 0 Å². The molecule has 3 aromatic heterocycles. The highest BCUT2D eigenvalue weighted by Gasteiger charge is 2.29. The molecule has 1 amide bonds. The maximum atomic E-state index is 11.6. The van der Waals surface area contributed by atoms with Gasteiger partial charge in [-0.1, -0.05) is 11.2 Å². The minimum atomic E-state index is 0.160. The van der Waals surface area contributed by atoms with Crippen LogP contribution in [0.25, 0.3) is 21.5 Å². The van der Waals surface area contributed by atoms with Crippen molar-refractivity contribution in [2.45, 2.75) is 19.4 Å². The normalized spacial score (nSPS) is 14.2. The minimum absolute atomic E-state index is 0.160. The van der Waals surface area contributed by atoms with Crippen molar-refractivity contribution in [2.24, 2.45) is 5.92 Å². The zero-order chi connectivity index (χ0) is 14.9. The van der Waals surface area contributed by atoms with Gasteiger partial charge in [0.2, 0.25) is 11.7 Å². The molecule has 1 N–H and O–H groups in total. The fraction of sp³-hybridized carbons (Fsp3) is 0.267. The summed E-state index contributed by atoms with van der Waals surface area (Å²) < 4.78 is 5.33. The van der Waals surface area contributed by atoms with E-state index in [9.17, 15) is 4.79 Å². The average Bonchev–Trinajstić information content (AvgIpc) is 2.99. The summed E-state index contributed by atoms with van der Waals surface area (Å²) in [7, 11) is 0. The number of thiophene rings is 2. The summed E-state index contributed by atoms with van der Waals surface area (Å²) >= 11 is 3.14. The molecule has 1 fully saturated rings. The monoisotopic (exact) mass is 331 g/mol. The average molecular weight is 331 g/mol. The highest BCUT2D eigenvalue weighted by Crippen LogP contribution is 2.31. The molecule has 5 nitrogen and oxygen atoms in total. The minimum Gasteiger partial charge on any atom is -0.351 e. The van der Waals surface area contributed by atoms with Gasteiger partial charge >= 0.3 is 0 Å². The molecule has 0 saturated heterocycles. The second kappa shape index (κ2) is 5.66. The molecule has 0 spiro atoms. The third-order valence-electron chi connectivity index (χ3n) is 3.43. The lowest BCUT2D eigenvalue weighted by atomic mass is 10.3. The van der Waals surface area contributed by atoms with Crippen molar-refractivity contribution in [3.63, 3.8) is 0 Å². The van der Waals surface area contributed by atoms with E-state index in [2.05, 4.69) is 15.5 Å². The Balaban J connectivity index is 1.45. The molecule has 3 aromatic rings. The van der Waals surface area contributed by atoms with Gasteiger partial charge in [0.1, 0.15) is 0 Å². The van der Waals surface area contributed by atoms with Crippen LogP contribution in [0.3, 0.4) is 0 Å². The van der Waals surface area contributed by atoms with Crippen molar-refractivity contribution in [1.82, 2.24) is 15.5 Å². The van der Waals surface area contributed by atoms with Gasteiger partial charge in [-0.05, 0) is 36.4 Å². The molecule has 0 bridgehead atoms. The molecule has 112 valence electrons. The number of carbonyl (C=O) groups excluding carboxylic acids is 1. The summed E-state index contributed by atoms with van der Waals surface area (Å²) in [6.07, 6.45) is 2.05. The Hall–Kier alpha value is -1.99. The standard InChI is InChI=1S/C15H13N3O2S2/c19-14(9-3-4-9)16-8-10-5-6-12(22-10)15-17-13(18-20-15)11-2-1-7-21-11/h1-2,5-7,9H,3-4,8H2,(H,16,19). The Morgan fingerprint density at radius 1 is 1.32 bits per heavy atom. The summed E-state index contributed by atoms with van der Waals surface area (Å²) in [4.78, 5) is 19.1. The Morgan fingerprint density at radius 3 is 3.00 bits per heavy atom. The van der Waals surface area contributed by atoms with Gasteiger partial charge in [-0.25, -0.2) is 0 Å². The van der Waals surface area contributed by atoms with Gasteiger partial charge in [-0.3, -0.25) is 4.79 Å². The number of hydrogen-bond acceptors (Lipinski definition) is 6. The number of aromatic nitrogens is 2. The molecule has 0 aromatic carbocycles. The van der Waals surface area contributed by atoms with Crippen LogP contribution in [0.5, 0.6) is 0 Å². The predicted octanol–water partition coefficient (Wildman–Crippen LogP) is 3.55. The second-order valence-electron chi connectivity index (χ2n) is 5.16. The van der Waals surface area contributed by atoms with Crippen LogP contribution >= 0.6 is 22.7 Å².